The van der Waals surface area contributed by atoms with Gasteiger partial charge in [0.05, 0.1) is 7.11 Å². The summed E-state index contributed by atoms with van der Waals surface area (Å²) >= 11 is 0. The number of methoxy groups -OCH3 is 1. The predicted molar refractivity (Wildman–Crippen MR) is 75.8 cm³/mol. The summed E-state index contributed by atoms with van der Waals surface area (Å²) in [4.78, 5) is 14.5. The highest BCUT2D eigenvalue weighted by Gasteiger charge is 2.46. The third-order valence-electron chi connectivity index (χ3n) is 4.78. The SMILES string of the molecule is CCCN(CCC1CCCC1(N)C(=O)OC)C1CC1. The zero-order chi connectivity index (χ0) is 13.9. The van der Waals surface area contributed by atoms with Gasteiger partial charge in [0.15, 0.2) is 0 Å². The minimum atomic E-state index is -0.726. The summed E-state index contributed by atoms with van der Waals surface area (Å²) in [6, 6.07) is 0.798. The van der Waals surface area contributed by atoms with Gasteiger partial charge in [-0.15, -0.1) is 0 Å². The van der Waals surface area contributed by atoms with E-state index < -0.39 is 5.54 Å². The molecule has 0 heterocycles. The van der Waals surface area contributed by atoms with Crippen molar-refractivity contribution in [1.82, 2.24) is 4.90 Å². The molecule has 4 nitrogen and oxygen atoms in total. The number of carbonyl (C=O) groups excluding carboxylic acids is 1. The lowest BCUT2D eigenvalue weighted by Gasteiger charge is -2.30. The Labute approximate surface area is 116 Å². The summed E-state index contributed by atoms with van der Waals surface area (Å²) in [6.45, 7) is 4.49. The Kier molecular flexibility index (Phi) is 4.85. The van der Waals surface area contributed by atoms with Gasteiger partial charge in [0.25, 0.3) is 0 Å². The van der Waals surface area contributed by atoms with Crippen LogP contribution in [0, 0.1) is 5.92 Å². The van der Waals surface area contributed by atoms with Gasteiger partial charge in [-0.25, -0.2) is 0 Å². The third kappa shape index (κ3) is 3.29. The van der Waals surface area contributed by atoms with E-state index in [1.807, 2.05) is 0 Å². The quantitative estimate of drug-likeness (QED) is 0.717. The van der Waals surface area contributed by atoms with Crippen molar-refractivity contribution in [1.29, 1.82) is 0 Å². The third-order valence-corrected chi connectivity index (χ3v) is 4.78. The molecule has 0 amide bonds. The molecule has 19 heavy (non-hydrogen) atoms. The average Bonchev–Trinajstić information content (AvgIpc) is 3.18. The van der Waals surface area contributed by atoms with E-state index in [4.69, 9.17) is 10.5 Å². The molecule has 0 aromatic rings. The van der Waals surface area contributed by atoms with Crippen LogP contribution in [0.15, 0.2) is 0 Å². The predicted octanol–water partition coefficient (Wildman–Crippen LogP) is 1.92. The second-order valence-electron chi connectivity index (χ2n) is 6.18. The van der Waals surface area contributed by atoms with Crippen LogP contribution in [0.1, 0.15) is 51.9 Å². The molecule has 0 aromatic carbocycles. The van der Waals surface area contributed by atoms with Gasteiger partial charge < -0.3 is 15.4 Å². The van der Waals surface area contributed by atoms with Crippen LogP contribution in [0.4, 0.5) is 0 Å². The Bertz CT molecular complexity index is 317. The van der Waals surface area contributed by atoms with Crippen molar-refractivity contribution in [2.24, 2.45) is 11.7 Å². The Morgan fingerprint density at radius 3 is 2.68 bits per heavy atom. The first-order valence-corrected chi connectivity index (χ1v) is 7.73. The Morgan fingerprint density at radius 2 is 2.11 bits per heavy atom. The van der Waals surface area contributed by atoms with E-state index >= 15 is 0 Å². The minimum absolute atomic E-state index is 0.219. The highest BCUT2D eigenvalue weighted by Crippen LogP contribution is 2.38. The van der Waals surface area contributed by atoms with Crippen molar-refractivity contribution in [3.63, 3.8) is 0 Å². The fourth-order valence-corrected chi connectivity index (χ4v) is 3.49. The van der Waals surface area contributed by atoms with E-state index in [0.29, 0.717) is 0 Å². The molecule has 0 radical (unpaired) electrons. The van der Waals surface area contributed by atoms with Crippen LogP contribution in [0.5, 0.6) is 0 Å². The number of nitrogens with two attached hydrogens (primary N) is 1. The molecule has 2 atom stereocenters. The molecule has 2 fully saturated rings. The monoisotopic (exact) mass is 268 g/mol. The summed E-state index contributed by atoms with van der Waals surface area (Å²) in [5, 5.41) is 0. The number of esters is 1. The molecule has 2 unspecified atom stereocenters. The molecule has 110 valence electrons. The van der Waals surface area contributed by atoms with Gasteiger partial charge in [0.1, 0.15) is 5.54 Å². The molecule has 2 N–H and O–H groups in total. The molecule has 0 aromatic heterocycles. The van der Waals surface area contributed by atoms with Gasteiger partial charge in [-0.05, 0) is 57.5 Å². The minimum Gasteiger partial charge on any atom is -0.468 e. The summed E-state index contributed by atoms with van der Waals surface area (Å²) < 4.78 is 4.90. The fraction of sp³-hybridized carbons (Fsp3) is 0.933. The standard InChI is InChI=1S/C15H28N2O2/c1-3-10-17(13-6-7-13)11-8-12-5-4-9-15(12,16)14(18)19-2/h12-13H,3-11,16H2,1-2H3. The van der Waals surface area contributed by atoms with Crippen LogP contribution in [0.25, 0.3) is 0 Å². The molecule has 2 saturated carbocycles. The molecule has 2 aliphatic rings. The van der Waals surface area contributed by atoms with Gasteiger partial charge in [-0.3, -0.25) is 4.79 Å². The van der Waals surface area contributed by atoms with E-state index in [9.17, 15) is 4.79 Å². The zero-order valence-electron chi connectivity index (χ0n) is 12.4. The summed E-state index contributed by atoms with van der Waals surface area (Å²) in [5.74, 6) is 0.0709. The van der Waals surface area contributed by atoms with Gasteiger partial charge in [0, 0.05) is 6.04 Å². The summed E-state index contributed by atoms with van der Waals surface area (Å²) in [7, 11) is 1.44. The van der Waals surface area contributed by atoms with Gasteiger partial charge in [0.2, 0.25) is 0 Å². The number of carbonyl (C=O) groups is 1. The first-order valence-electron chi connectivity index (χ1n) is 7.73. The van der Waals surface area contributed by atoms with Crippen LogP contribution < -0.4 is 5.73 Å². The smallest absolute Gasteiger partial charge is 0.326 e. The van der Waals surface area contributed by atoms with Crippen molar-refractivity contribution in [2.75, 3.05) is 20.2 Å². The Balaban J connectivity index is 1.88. The van der Waals surface area contributed by atoms with Crippen LogP contribution >= 0.6 is 0 Å². The van der Waals surface area contributed by atoms with Crippen molar-refractivity contribution in [2.45, 2.75) is 63.5 Å². The second-order valence-corrected chi connectivity index (χ2v) is 6.18. The van der Waals surface area contributed by atoms with Gasteiger partial charge in [-0.2, -0.15) is 0 Å². The maximum absolute atomic E-state index is 11.9. The van der Waals surface area contributed by atoms with Crippen LogP contribution in [-0.2, 0) is 9.53 Å². The Hall–Kier alpha value is -0.610. The van der Waals surface area contributed by atoms with Gasteiger partial charge in [-0.1, -0.05) is 13.3 Å². The highest BCUT2D eigenvalue weighted by molar-refractivity contribution is 5.81. The largest absolute Gasteiger partial charge is 0.468 e. The highest BCUT2D eigenvalue weighted by atomic mass is 16.5. The molecule has 0 bridgehead atoms. The zero-order valence-corrected chi connectivity index (χ0v) is 12.4. The first-order chi connectivity index (χ1) is 9.11. The number of hydrogen-bond acceptors (Lipinski definition) is 4. The maximum atomic E-state index is 11.9. The van der Waals surface area contributed by atoms with Crippen molar-refractivity contribution >= 4 is 5.97 Å². The summed E-state index contributed by atoms with van der Waals surface area (Å²) in [6.07, 6.45) is 7.81. The number of hydrogen-bond donors (Lipinski definition) is 1. The molecule has 0 saturated heterocycles. The van der Waals surface area contributed by atoms with E-state index in [2.05, 4.69) is 11.8 Å². The summed E-state index contributed by atoms with van der Waals surface area (Å²) in [5.41, 5.74) is 5.59. The lowest BCUT2D eigenvalue weighted by atomic mass is 9.85. The van der Waals surface area contributed by atoms with Crippen molar-refractivity contribution in [3.05, 3.63) is 0 Å². The van der Waals surface area contributed by atoms with Crippen LogP contribution in [0.2, 0.25) is 0 Å². The van der Waals surface area contributed by atoms with Crippen molar-refractivity contribution in [3.8, 4) is 0 Å². The van der Waals surface area contributed by atoms with Gasteiger partial charge >= 0.3 is 5.97 Å². The topological polar surface area (TPSA) is 55.6 Å². The molecule has 2 aliphatic carbocycles. The molecule has 4 heteroatoms. The Morgan fingerprint density at radius 1 is 1.37 bits per heavy atom. The molecule has 2 rings (SSSR count). The molecular weight excluding hydrogens is 240 g/mol. The maximum Gasteiger partial charge on any atom is 0.326 e. The average molecular weight is 268 g/mol. The van der Waals surface area contributed by atoms with E-state index in [1.165, 1.54) is 32.9 Å². The second kappa shape index (κ2) is 6.23. The molecule has 0 aliphatic heterocycles. The molecular formula is C15H28N2O2. The number of ether oxygens (including phenoxy) is 1. The van der Waals surface area contributed by atoms with E-state index in [0.717, 1.165) is 38.3 Å². The molecule has 0 spiro atoms. The van der Waals surface area contributed by atoms with Crippen LogP contribution in [0.3, 0.4) is 0 Å². The number of rotatable bonds is 7. The lowest BCUT2D eigenvalue weighted by molar-refractivity contribution is -0.148. The normalized spacial score (nSPS) is 30.8. The fourth-order valence-electron chi connectivity index (χ4n) is 3.49. The van der Waals surface area contributed by atoms with E-state index in [-0.39, 0.29) is 11.9 Å². The number of nitrogens with zero attached hydrogens (tertiary/aromatic N) is 1. The first kappa shape index (κ1) is 14.8. The van der Waals surface area contributed by atoms with Crippen molar-refractivity contribution < 1.29 is 9.53 Å². The van der Waals surface area contributed by atoms with E-state index in [1.54, 1.807) is 0 Å². The lowest BCUT2D eigenvalue weighted by Crippen LogP contribution is -2.52. The van der Waals surface area contributed by atoms with Crippen LogP contribution in [-0.4, -0.2) is 42.6 Å².